The molecule has 0 aliphatic heterocycles. The van der Waals surface area contributed by atoms with Crippen molar-refractivity contribution in [2.75, 3.05) is 6.54 Å². The van der Waals surface area contributed by atoms with Crippen molar-refractivity contribution in [2.24, 2.45) is 0 Å². The lowest BCUT2D eigenvalue weighted by molar-refractivity contribution is -0.129. The van der Waals surface area contributed by atoms with Crippen molar-refractivity contribution in [3.63, 3.8) is 0 Å². The zero-order valence-electron chi connectivity index (χ0n) is 13.2. The van der Waals surface area contributed by atoms with Crippen LogP contribution in [0.5, 0.6) is 0 Å². The van der Waals surface area contributed by atoms with E-state index >= 15 is 0 Å². The van der Waals surface area contributed by atoms with Gasteiger partial charge in [0.05, 0.1) is 0 Å². The number of aromatic nitrogens is 1. The Balaban J connectivity index is 1.75. The summed E-state index contributed by atoms with van der Waals surface area (Å²) in [7, 11) is 0. The second-order valence-electron chi connectivity index (χ2n) is 5.51. The summed E-state index contributed by atoms with van der Waals surface area (Å²) in [5.74, 6) is -0.383. The molecule has 5 nitrogen and oxygen atoms in total. The monoisotopic (exact) mass is 314 g/mol. The number of aliphatic hydroxyl groups excluding tert-OH is 1. The fourth-order valence-corrected chi connectivity index (χ4v) is 2.41. The van der Waals surface area contributed by atoms with Gasteiger partial charge in [0.2, 0.25) is 5.91 Å². The van der Waals surface area contributed by atoms with Crippen LogP contribution < -0.4 is 10.9 Å². The van der Waals surface area contributed by atoms with E-state index in [4.69, 9.17) is 0 Å². The van der Waals surface area contributed by atoms with Gasteiger partial charge in [0.15, 0.2) is 0 Å². The third-order valence-corrected chi connectivity index (χ3v) is 3.70. The Morgan fingerprint density at radius 3 is 2.61 bits per heavy atom. The standard InChI is InChI=1S/C18H22N2O3/c1-14-7-5-10-17(22)20(14)12-6-11-19-18(23)16(21)13-15-8-3-2-4-9-15/h2-5,7-10,16,21H,6,11-13H2,1H3,(H,19,23)/t16-/m0/s1. The van der Waals surface area contributed by atoms with Crippen LogP contribution in [-0.4, -0.2) is 28.2 Å². The minimum Gasteiger partial charge on any atom is -0.383 e. The van der Waals surface area contributed by atoms with Crippen LogP contribution in [0.2, 0.25) is 0 Å². The van der Waals surface area contributed by atoms with Crippen molar-refractivity contribution >= 4 is 5.91 Å². The molecule has 2 N–H and O–H groups in total. The van der Waals surface area contributed by atoms with Crippen LogP contribution >= 0.6 is 0 Å². The number of carbonyl (C=O) groups is 1. The fourth-order valence-electron chi connectivity index (χ4n) is 2.41. The van der Waals surface area contributed by atoms with Gasteiger partial charge in [-0.15, -0.1) is 0 Å². The molecule has 5 heteroatoms. The van der Waals surface area contributed by atoms with E-state index in [9.17, 15) is 14.7 Å². The molecule has 1 amide bonds. The maximum atomic E-state index is 11.9. The first-order valence-electron chi connectivity index (χ1n) is 7.74. The molecule has 0 fully saturated rings. The molecule has 0 radical (unpaired) electrons. The largest absolute Gasteiger partial charge is 0.383 e. The summed E-state index contributed by atoms with van der Waals surface area (Å²) in [5, 5.41) is 12.6. The Bertz CT molecular complexity index is 695. The molecule has 2 rings (SSSR count). The quantitative estimate of drug-likeness (QED) is 0.756. The molecule has 122 valence electrons. The number of rotatable bonds is 7. The zero-order chi connectivity index (χ0) is 16.7. The summed E-state index contributed by atoms with van der Waals surface area (Å²) in [5.41, 5.74) is 1.77. The summed E-state index contributed by atoms with van der Waals surface area (Å²) in [6.45, 7) is 2.84. The van der Waals surface area contributed by atoms with Gasteiger partial charge in [0.1, 0.15) is 6.10 Å². The van der Waals surface area contributed by atoms with Crippen molar-refractivity contribution in [1.29, 1.82) is 0 Å². The molecule has 0 spiro atoms. The van der Waals surface area contributed by atoms with E-state index in [1.807, 2.05) is 43.3 Å². The molecule has 1 aromatic heterocycles. The first-order chi connectivity index (χ1) is 11.1. The van der Waals surface area contributed by atoms with E-state index in [1.54, 1.807) is 10.6 Å². The van der Waals surface area contributed by atoms with E-state index in [-0.39, 0.29) is 11.5 Å². The third kappa shape index (κ3) is 5.07. The molecule has 0 saturated carbocycles. The summed E-state index contributed by atoms with van der Waals surface area (Å²) in [4.78, 5) is 23.6. The molecule has 2 aromatic rings. The van der Waals surface area contributed by atoms with Crippen molar-refractivity contribution in [3.05, 3.63) is 70.1 Å². The van der Waals surface area contributed by atoms with Crippen molar-refractivity contribution in [3.8, 4) is 0 Å². The van der Waals surface area contributed by atoms with Crippen LogP contribution in [-0.2, 0) is 17.8 Å². The SMILES string of the molecule is Cc1cccc(=O)n1CCCNC(=O)[C@@H](O)Cc1ccccc1. The topological polar surface area (TPSA) is 71.3 Å². The summed E-state index contributed by atoms with van der Waals surface area (Å²) < 4.78 is 1.67. The zero-order valence-corrected chi connectivity index (χ0v) is 13.2. The van der Waals surface area contributed by atoms with Gasteiger partial charge in [-0.2, -0.15) is 0 Å². The van der Waals surface area contributed by atoms with Gasteiger partial charge in [-0.1, -0.05) is 36.4 Å². The van der Waals surface area contributed by atoms with Gasteiger partial charge in [-0.3, -0.25) is 9.59 Å². The number of amides is 1. The minimum absolute atomic E-state index is 0.0413. The van der Waals surface area contributed by atoms with E-state index in [1.165, 1.54) is 6.07 Å². The Labute approximate surface area is 135 Å². The predicted molar refractivity (Wildman–Crippen MR) is 89.2 cm³/mol. The van der Waals surface area contributed by atoms with Crippen LogP contribution in [0.3, 0.4) is 0 Å². The van der Waals surface area contributed by atoms with Crippen LogP contribution in [0.15, 0.2) is 53.3 Å². The normalized spacial score (nSPS) is 11.9. The van der Waals surface area contributed by atoms with Gasteiger partial charge >= 0.3 is 0 Å². The average molecular weight is 314 g/mol. The van der Waals surface area contributed by atoms with Gasteiger partial charge in [-0.25, -0.2) is 0 Å². The van der Waals surface area contributed by atoms with E-state index < -0.39 is 6.10 Å². The number of nitrogens with one attached hydrogen (secondary N) is 1. The van der Waals surface area contributed by atoms with Crippen LogP contribution in [0.4, 0.5) is 0 Å². The number of aliphatic hydroxyl groups is 1. The molecule has 0 unspecified atom stereocenters. The first-order valence-corrected chi connectivity index (χ1v) is 7.74. The fraction of sp³-hybridized carbons (Fsp3) is 0.333. The molecular weight excluding hydrogens is 292 g/mol. The molecular formula is C18H22N2O3. The Hall–Kier alpha value is -2.40. The number of nitrogens with zero attached hydrogens (tertiary/aromatic N) is 1. The molecule has 0 aliphatic carbocycles. The minimum atomic E-state index is -1.06. The smallest absolute Gasteiger partial charge is 0.250 e. The number of benzene rings is 1. The highest BCUT2D eigenvalue weighted by molar-refractivity contribution is 5.80. The number of aryl methyl sites for hydroxylation is 1. The lowest BCUT2D eigenvalue weighted by Crippen LogP contribution is -2.37. The lowest BCUT2D eigenvalue weighted by Gasteiger charge is -2.12. The number of hydrogen-bond donors (Lipinski definition) is 2. The molecule has 1 atom stereocenters. The highest BCUT2D eigenvalue weighted by atomic mass is 16.3. The Kier molecular flexibility index (Phi) is 6.11. The maximum Gasteiger partial charge on any atom is 0.250 e. The molecule has 23 heavy (non-hydrogen) atoms. The van der Waals surface area contributed by atoms with Crippen LogP contribution in [0.1, 0.15) is 17.7 Å². The first kappa shape index (κ1) is 17.0. The highest BCUT2D eigenvalue weighted by Gasteiger charge is 2.14. The predicted octanol–water partition coefficient (Wildman–Crippen LogP) is 1.27. The van der Waals surface area contributed by atoms with E-state index in [0.717, 1.165) is 11.3 Å². The van der Waals surface area contributed by atoms with Gasteiger partial charge < -0.3 is 15.0 Å². The second-order valence-corrected chi connectivity index (χ2v) is 5.51. The van der Waals surface area contributed by atoms with Crippen molar-refractivity contribution < 1.29 is 9.90 Å². The summed E-state index contributed by atoms with van der Waals surface area (Å²) in [6, 6.07) is 14.5. The molecule has 0 saturated heterocycles. The van der Waals surface area contributed by atoms with E-state index in [0.29, 0.717) is 25.9 Å². The Morgan fingerprint density at radius 1 is 1.17 bits per heavy atom. The van der Waals surface area contributed by atoms with Gasteiger partial charge in [0, 0.05) is 31.3 Å². The van der Waals surface area contributed by atoms with Crippen molar-refractivity contribution in [1.82, 2.24) is 9.88 Å². The second kappa shape index (κ2) is 8.29. The number of pyridine rings is 1. The highest BCUT2D eigenvalue weighted by Crippen LogP contribution is 2.03. The Morgan fingerprint density at radius 2 is 1.91 bits per heavy atom. The van der Waals surface area contributed by atoms with Crippen LogP contribution in [0, 0.1) is 6.92 Å². The number of carbonyl (C=O) groups excluding carboxylic acids is 1. The molecule has 1 heterocycles. The van der Waals surface area contributed by atoms with Crippen LogP contribution in [0.25, 0.3) is 0 Å². The summed E-state index contributed by atoms with van der Waals surface area (Å²) in [6.07, 6.45) is -0.128. The number of hydrogen-bond acceptors (Lipinski definition) is 3. The van der Waals surface area contributed by atoms with Gasteiger partial charge in [-0.05, 0) is 25.0 Å². The molecule has 0 aliphatic rings. The molecule has 1 aromatic carbocycles. The van der Waals surface area contributed by atoms with Crippen molar-refractivity contribution in [2.45, 2.75) is 32.4 Å². The van der Waals surface area contributed by atoms with E-state index in [2.05, 4.69) is 5.32 Å². The average Bonchev–Trinajstić information content (AvgIpc) is 2.54. The third-order valence-electron chi connectivity index (χ3n) is 3.70. The van der Waals surface area contributed by atoms with Gasteiger partial charge in [0.25, 0.3) is 5.56 Å². The summed E-state index contributed by atoms with van der Waals surface area (Å²) >= 11 is 0. The maximum absolute atomic E-state index is 11.9. The lowest BCUT2D eigenvalue weighted by atomic mass is 10.1. The molecule has 0 bridgehead atoms.